The van der Waals surface area contributed by atoms with Gasteiger partial charge in [-0.2, -0.15) is 4.31 Å². The van der Waals surface area contributed by atoms with Crippen LogP contribution >= 0.6 is 0 Å². The molecule has 1 saturated heterocycles. The summed E-state index contributed by atoms with van der Waals surface area (Å²) in [5, 5.41) is 7.23. The van der Waals surface area contributed by atoms with Crippen molar-refractivity contribution in [3.05, 3.63) is 53.9 Å². The lowest BCUT2D eigenvalue weighted by atomic mass is 9.96. The summed E-state index contributed by atoms with van der Waals surface area (Å²) >= 11 is 0. The Morgan fingerprint density at radius 1 is 1.17 bits per heavy atom. The standard InChI is InChI=1S/C20H27N5O3S/c1-21-19(22-16-20(8-9-20)17-5-3-2-4-6-17)24-10-12-25(13-11-24)29(26,27)15-18-7-14-28-23-18/h2-7,14H,8-13,15-16H2,1H3,(H,21,22). The fourth-order valence-corrected chi connectivity index (χ4v) is 5.28. The van der Waals surface area contributed by atoms with Gasteiger partial charge in [-0.25, -0.2) is 8.42 Å². The molecular formula is C20H27N5O3S. The van der Waals surface area contributed by atoms with Crippen LogP contribution in [0.1, 0.15) is 24.1 Å². The van der Waals surface area contributed by atoms with Gasteiger partial charge in [-0.3, -0.25) is 4.99 Å². The molecule has 2 aromatic rings. The van der Waals surface area contributed by atoms with Gasteiger partial charge in [0.05, 0.1) is 5.69 Å². The second-order valence-corrected chi connectivity index (χ2v) is 9.65. The highest BCUT2D eigenvalue weighted by atomic mass is 32.2. The molecule has 0 atom stereocenters. The van der Waals surface area contributed by atoms with Crippen LogP contribution in [-0.2, 0) is 21.2 Å². The molecule has 2 heterocycles. The molecule has 1 aliphatic heterocycles. The van der Waals surface area contributed by atoms with Crippen molar-refractivity contribution in [2.45, 2.75) is 24.0 Å². The lowest BCUT2D eigenvalue weighted by molar-refractivity contribution is 0.259. The summed E-state index contributed by atoms with van der Waals surface area (Å²) in [6.45, 7) is 2.93. The number of guanidine groups is 1. The third-order valence-corrected chi connectivity index (χ3v) is 7.60. The largest absolute Gasteiger partial charge is 0.364 e. The van der Waals surface area contributed by atoms with Crippen molar-refractivity contribution in [3.63, 3.8) is 0 Å². The average molecular weight is 418 g/mol. The van der Waals surface area contributed by atoms with Crippen LogP contribution in [0, 0.1) is 0 Å². The first-order valence-corrected chi connectivity index (χ1v) is 11.5. The van der Waals surface area contributed by atoms with Crippen molar-refractivity contribution in [2.75, 3.05) is 39.8 Å². The van der Waals surface area contributed by atoms with E-state index in [1.165, 1.54) is 29.0 Å². The fourth-order valence-electron chi connectivity index (χ4n) is 3.86. The van der Waals surface area contributed by atoms with Gasteiger partial charge >= 0.3 is 0 Å². The summed E-state index contributed by atoms with van der Waals surface area (Å²) in [6, 6.07) is 12.2. The Balaban J connectivity index is 1.32. The summed E-state index contributed by atoms with van der Waals surface area (Å²) in [5.74, 6) is 0.705. The molecule has 8 nitrogen and oxygen atoms in total. The number of nitrogens with zero attached hydrogens (tertiary/aromatic N) is 4. The average Bonchev–Trinajstić information content (AvgIpc) is 3.37. The van der Waals surface area contributed by atoms with E-state index in [1.807, 2.05) is 6.07 Å². The Morgan fingerprint density at radius 3 is 2.48 bits per heavy atom. The van der Waals surface area contributed by atoms with Gasteiger partial charge in [-0.05, 0) is 18.4 Å². The normalized spacial score (nSPS) is 19.9. The number of sulfonamides is 1. The lowest BCUT2D eigenvalue weighted by Crippen LogP contribution is -2.54. The molecule has 0 radical (unpaired) electrons. The highest BCUT2D eigenvalue weighted by molar-refractivity contribution is 7.88. The van der Waals surface area contributed by atoms with Gasteiger partial charge in [0, 0.05) is 51.3 Å². The number of hydrogen-bond donors (Lipinski definition) is 1. The predicted molar refractivity (Wildman–Crippen MR) is 111 cm³/mol. The Morgan fingerprint density at radius 2 is 1.90 bits per heavy atom. The van der Waals surface area contributed by atoms with Crippen LogP contribution in [0.3, 0.4) is 0 Å². The van der Waals surface area contributed by atoms with Crippen LogP contribution in [0.4, 0.5) is 0 Å². The number of rotatable bonds is 6. The van der Waals surface area contributed by atoms with E-state index in [0.717, 1.165) is 12.5 Å². The SMILES string of the molecule is CN=C(NCC1(c2ccccc2)CC1)N1CCN(S(=O)(=O)Cc2ccon2)CC1. The third-order valence-electron chi connectivity index (χ3n) is 5.79. The maximum atomic E-state index is 12.6. The molecule has 9 heteroatoms. The maximum Gasteiger partial charge on any atom is 0.220 e. The van der Waals surface area contributed by atoms with Gasteiger partial charge in [0.1, 0.15) is 12.0 Å². The summed E-state index contributed by atoms with van der Waals surface area (Å²) in [7, 11) is -1.62. The molecule has 0 bridgehead atoms. The minimum Gasteiger partial charge on any atom is -0.364 e. The molecule has 29 heavy (non-hydrogen) atoms. The molecule has 156 valence electrons. The molecule has 1 aliphatic carbocycles. The van der Waals surface area contributed by atoms with Gasteiger partial charge in [0.25, 0.3) is 0 Å². The van der Waals surface area contributed by atoms with Gasteiger partial charge in [-0.15, -0.1) is 0 Å². The molecule has 1 aromatic carbocycles. The smallest absolute Gasteiger partial charge is 0.220 e. The topological polar surface area (TPSA) is 91.0 Å². The third kappa shape index (κ3) is 4.45. The molecule has 2 fully saturated rings. The predicted octanol–water partition coefficient (Wildman–Crippen LogP) is 1.43. The van der Waals surface area contributed by atoms with Crippen molar-refractivity contribution in [1.29, 1.82) is 0 Å². The van der Waals surface area contributed by atoms with Crippen LogP contribution in [0.25, 0.3) is 0 Å². The first kappa shape index (κ1) is 19.9. The van der Waals surface area contributed by atoms with Crippen molar-refractivity contribution in [2.24, 2.45) is 4.99 Å². The van der Waals surface area contributed by atoms with Crippen LogP contribution in [-0.4, -0.2) is 68.5 Å². The Kier molecular flexibility index (Phi) is 5.60. The Hall–Kier alpha value is -2.39. The molecule has 1 saturated carbocycles. The van der Waals surface area contributed by atoms with Crippen molar-refractivity contribution < 1.29 is 12.9 Å². The summed E-state index contributed by atoms with van der Waals surface area (Å²) in [4.78, 5) is 6.55. The van der Waals surface area contributed by atoms with E-state index in [0.29, 0.717) is 31.9 Å². The lowest BCUT2D eigenvalue weighted by Gasteiger charge is -2.36. The van der Waals surface area contributed by atoms with Crippen LogP contribution in [0.5, 0.6) is 0 Å². The van der Waals surface area contributed by atoms with Gasteiger partial charge in [0.2, 0.25) is 10.0 Å². The number of benzene rings is 1. The fraction of sp³-hybridized carbons (Fsp3) is 0.500. The molecule has 4 rings (SSSR count). The number of nitrogens with one attached hydrogen (secondary N) is 1. The van der Waals surface area contributed by atoms with Crippen LogP contribution < -0.4 is 5.32 Å². The number of aromatic nitrogens is 1. The monoisotopic (exact) mass is 417 g/mol. The minimum absolute atomic E-state index is 0.129. The van der Waals surface area contributed by atoms with E-state index >= 15 is 0 Å². The highest BCUT2D eigenvalue weighted by Crippen LogP contribution is 2.47. The van der Waals surface area contributed by atoms with E-state index in [-0.39, 0.29) is 11.2 Å². The summed E-state index contributed by atoms with van der Waals surface area (Å²) in [5.41, 5.74) is 1.99. The van der Waals surface area contributed by atoms with Crippen molar-refractivity contribution >= 4 is 16.0 Å². The van der Waals surface area contributed by atoms with Crippen molar-refractivity contribution in [1.82, 2.24) is 19.7 Å². The number of piperazine rings is 1. The molecule has 0 amide bonds. The molecule has 0 unspecified atom stereocenters. The zero-order valence-corrected chi connectivity index (χ0v) is 17.4. The van der Waals surface area contributed by atoms with E-state index in [9.17, 15) is 8.42 Å². The molecule has 2 aliphatic rings. The second-order valence-electron chi connectivity index (χ2n) is 7.68. The van der Waals surface area contributed by atoms with E-state index in [2.05, 4.69) is 44.6 Å². The zero-order chi connectivity index (χ0) is 20.3. The first-order chi connectivity index (χ1) is 14.0. The van der Waals surface area contributed by atoms with Crippen molar-refractivity contribution in [3.8, 4) is 0 Å². The van der Waals surface area contributed by atoms with E-state index in [1.54, 1.807) is 13.1 Å². The zero-order valence-electron chi connectivity index (χ0n) is 16.6. The molecule has 1 aromatic heterocycles. The first-order valence-electron chi connectivity index (χ1n) is 9.91. The minimum atomic E-state index is -3.40. The second kappa shape index (κ2) is 8.16. The number of hydrogen-bond acceptors (Lipinski definition) is 5. The molecular weight excluding hydrogens is 390 g/mol. The highest BCUT2D eigenvalue weighted by Gasteiger charge is 2.44. The van der Waals surface area contributed by atoms with Gasteiger partial charge in [-0.1, -0.05) is 35.5 Å². The van der Waals surface area contributed by atoms with E-state index < -0.39 is 10.0 Å². The summed E-state index contributed by atoms with van der Waals surface area (Å²) < 4.78 is 31.5. The quantitative estimate of drug-likeness (QED) is 0.565. The van der Waals surface area contributed by atoms with E-state index in [4.69, 9.17) is 4.52 Å². The number of aliphatic imine (C=N–C) groups is 1. The summed E-state index contributed by atoms with van der Waals surface area (Å²) in [6.07, 6.45) is 3.74. The molecule has 0 spiro atoms. The van der Waals surface area contributed by atoms with Gasteiger partial charge in [0.15, 0.2) is 5.96 Å². The molecule has 1 N–H and O–H groups in total. The Labute approximate surface area is 171 Å². The van der Waals surface area contributed by atoms with Crippen LogP contribution in [0.15, 0.2) is 52.2 Å². The van der Waals surface area contributed by atoms with Crippen LogP contribution in [0.2, 0.25) is 0 Å². The van der Waals surface area contributed by atoms with Gasteiger partial charge < -0.3 is 14.7 Å². The maximum absolute atomic E-state index is 12.6. The Bertz CT molecular complexity index is 932.